The number of carbonyl (C=O) groups excluding carboxylic acids is 1. The number of ketones is 1. The van der Waals surface area contributed by atoms with Crippen molar-refractivity contribution in [3.63, 3.8) is 0 Å². The highest BCUT2D eigenvalue weighted by Gasteiger charge is 2.16. The maximum absolute atomic E-state index is 11.6. The molecule has 0 amide bonds. The lowest BCUT2D eigenvalue weighted by molar-refractivity contribution is -0.136. The molecule has 1 aromatic rings. The van der Waals surface area contributed by atoms with Crippen molar-refractivity contribution in [3.8, 4) is 0 Å². The van der Waals surface area contributed by atoms with Crippen LogP contribution in [0.4, 0.5) is 0 Å². The summed E-state index contributed by atoms with van der Waals surface area (Å²) in [4.78, 5) is 21.9. The number of carbonyl (C=O) groups is 2. The fourth-order valence-corrected chi connectivity index (χ4v) is 2.18. The number of carboxylic acid groups (broad SMARTS) is 1. The van der Waals surface area contributed by atoms with Gasteiger partial charge in [0.2, 0.25) is 0 Å². The van der Waals surface area contributed by atoms with Crippen molar-refractivity contribution in [2.45, 2.75) is 12.8 Å². The molecule has 0 saturated heterocycles. The number of benzene rings is 1. The first-order chi connectivity index (χ1) is 7.41. The van der Waals surface area contributed by atoms with E-state index in [0.29, 0.717) is 5.02 Å². The second-order valence-electron chi connectivity index (χ2n) is 3.06. The van der Waals surface area contributed by atoms with Crippen LogP contribution in [0.1, 0.15) is 23.2 Å². The van der Waals surface area contributed by atoms with E-state index in [1.165, 1.54) is 12.1 Å². The predicted octanol–water partition coefficient (Wildman–Crippen LogP) is 3.69. The first-order valence-corrected chi connectivity index (χ1v) is 5.44. The van der Waals surface area contributed by atoms with E-state index in [4.69, 9.17) is 39.9 Å². The standard InChI is InChI=1S/C10H7Cl3O3/c11-5-3-6(12)10(7(13)4-5)8(14)1-2-9(15)16/h3-4H,1-2H2,(H,15,16). The average Bonchev–Trinajstić information content (AvgIpc) is 2.12. The summed E-state index contributed by atoms with van der Waals surface area (Å²) in [5.41, 5.74) is 0.119. The second kappa shape index (κ2) is 5.53. The van der Waals surface area contributed by atoms with Crippen LogP contribution in [0.25, 0.3) is 0 Å². The lowest BCUT2D eigenvalue weighted by atomic mass is 10.1. The molecule has 3 nitrogen and oxygen atoms in total. The minimum atomic E-state index is -1.05. The molecule has 1 rings (SSSR count). The Hall–Kier alpha value is -0.770. The SMILES string of the molecule is O=C(O)CCC(=O)c1c(Cl)cc(Cl)cc1Cl. The molecule has 0 aliphatic carbocycles. The maximum atomic E-state index is 11.6. The topological polar surface area (TPSA) is 54.4 Å². The van der Waals surface area contributed by atoms with Crippen LogP contribution in [0.5, 0.6) is 0 Å². The van der Waals surface area contributed by atoms with Crippen LogP contribution in [0.15, 0.2) is 12.1 Å². The number of carboxylic acids is 1. The van der Waals surface area contributed by atoms with Crippen molar-refractivity contribution in [2.75, 3.05) is 0 Å². The highest BCUT2D eigenvalue weighted by Crippen LogP contribution is 2.30. The van der Waals surface area contributed by atoms with Gasteiger partial charge in [-0.15, -0.1) is 0 Å². The Bertz CT molecular complexity index is 420. The predicted molar refractivity (Wildman–Crippen MR) is 62.7 cm³/mol. The Balaban J connectivity index is 2.95. The van der Waals surface area contributed by atoms with Gasteiger partial charge in [-0.25, -0.2) is 0 Å². The monoisotopic (exact) mass is 280 g/mol. The third-order valence-corrected chi connectivity index (χ3v) is 2.67. The Morgan fingerprint density at radius 3 is 2.00 bits per heavy atom. The molecule has 0 bridgehead atoms. The van der Waals surface area contributed by atoms with Crippen LogP contribution in [0, 0.1) is 0 Å². The van der Waals surface area contributed by atoms with E-state index in [9.17, 15) is 9.59 Å². The minimum Gasteiger partial charge on any atom is -0.481 e. The number of hydrogen-bond donors (Lipinski definition) is 1. The van der Waals surface area contributed by atoms with Crippen molar-refractivity contribution in [1.82, 2.24) is 0 Å². The summed E-state index contributed by atoms with van der Waals surface area (Å²) in [5.74, 6) is -1.45. The van der Waals surface area contributed by atoms with Crippen molar-refractivity contribution < 1.29 is 14.7 Å². The van der Waals surface area contributed by atoms with Gasteiger partial charge in [0.15, 0.2) is 5.78 Å². The summed E-state index contributed by atoms with van der Waals surface area (Å²) < 4.78 is 0. The van der Waals surface area contributed by atoms with Crippen LogP contribution in [-0.2, 0) is 4.79 Å². The van der Waals surface area contributed by atoms with Crippen LogP contribution >= 0.6 is 34.8 Å². The highest BCUT2D eigenvalue weighted by molar-refractivity contribution is 6.42. The van der Waals surface area contributed by atoms with Crippen LogP contribution in [0.3, 0.4) is 0 Å². The molecule has 0 aliphatic rings. The van der Waals surface area contributed by atoms with Crippen molar-refractivity contribution in [2.24, 2.45) is 0 Å². The van der Waals surface area contributed by atoms with Crippen molar-refractivity contribution in [3.05, 3.63) is 32.8 Å². The minimum absolute atomic E-state index is 0.119. The molecule has 0 heterocycles. The third kappa shape index (κ3) is 3.37. The van der Waals surface area contributed by atoms with Gasteiger partial charge in [0.25, 0.3) is 0 Å². The lowest BCUT2D eigenvalue weighted by Crippen LogP contribution is -2.05. The van der Waals surface area contributed by atoms with Gasteiger partial charge < -0.3 is 5.11 Å². The molecule has 0 aliphatic heterocycles. The Morgan fingerprint density at radius 1 is 1.06 bits per heavy atom. The molecule has 16 heavy (non-hydrogen) atoms. The molecule has 0 saturated carbocycles. The molecule has 0 radical (unpaired) electrons. The molecule has 86 valence electrons. The Morgan fingerprint density at radius 2 is 1.56 bits per heavy atom. The summed E-state index contributed by atoms with van der Waals surface area (Å²) in [6, 6.07) is 2.78. The number of halogens is 3. The molecule has 0 fully saturated rings. The van der Waals surface area contributed by atoms with Crippen molar-refractivity contribution in [1.29, 1.82) is 0 Å². The zero-order valence-corrected chi connectivity index (χ0v) is 10.2. The van der Waals surface area contributed by atoms with Crippen molar-refractivity contribution >= 4 is 46.6 Å². The quantitative estimate of drug-likeness (QED) is 0.856. The number of rotatable bonds is 4. The molecule has 0 atom stereocenters. The number of hydrogen-bond acceptors (Lipinski definition) is 2. The van der Waals surface area contributed by atoms with E-state index >= 15 is 0 Å². The third-order valence-electron chi connectivity index (χ3n) is 1.85. The van der Waals surface area contributed by atoms with E-state index in [1.807, 2.05) is 0 Å². The largest absolute Gasteiger partial charge is 0.481 e. The summed E-state index contributed by atoms with van der Waals surface area (Å²) in [5, 5.41) is 9.04. The zero-order valence-electron chi connectivity index (χ0n) is 7.97. The van der Waals surface area contributed by atoms with Gasteiger partial charge in [0.05, 0.1) is 22.0 Å². The molecular weight excluding hydrogens is 274 g/mol. The zero-order chi connectivity index (χ0) is 12.3. The number of aliphatic carboxylic acids is 1. The summed E-state index contributed by atoms with van der Waals surface area (Å²) >= 11 is 17.3. The Kier molecular flexibility index (Phi) is 4.59. The summed E-state index contributed by atoms with van der Waals surface area (Å²) in [6.07, 6.45) is -0.398. The van der Waals surface area contributed by atoms with Crippen LogP contribution in [-0.4, -0.2) is 16.9 Å². The van der Waals surface area contributed by atoms with Gasteiger partial charge in [-0.3, -0.25) is 9.59 Å². The first-order valence-electron chi connectivity index (χ1n) is 4.31. The first kappa shape index (κ1) is 13.3. The second-order valence-corrected chi connectivity index (χ2v) is 4.31. The molecule has 0 spiro atoms. The molecule has 1 aromatic carbocycles. The van der Waals surface area contributed by atoms with Gasteiger partial charge in [0, 0.05) is 11.4 Å². The van der Waals surface area contributed by atoms with Gasteiger partial charge in [-0.2, -0.15) is 0 Å². The van der Waals surface area contributed by atoms with E-state index in [2.05, 4.69) is 0 Å². The fourth-order valence-electron chi connectivity index (χ4n) is 1.15. The van der Waals surface area contributed by atoms with Crippen LogP contribution in [0.2, 0.25) is 15.1 Å². The average molecular weight is 282 g/mol. The normalized spacial score (nSPS) is 10.2. The summed E-state index contributed by atoms with van der Waals surface area (Å²) in [7, 11) is 0. The van der Waals surface area contributed by atoms with Gasteiger partial charge in [-0.05, 0) is 12.1 Å². The van der Waals surface area contributed by atoms with E-state index < -0.39 is 11.8 Å². The van der Waals surface area contributed by atoms with Crippen LogP contribution < -0.4 is 0 Å². The molecule has 1 N–H and O–H groups in total. The molecular formula is C10H7Cl3O3. The van der Waals surface area contributed by atoms with Gasteiger partial charge >= 0.3 is 5.97 Å². The van der Waals surface area contributed by atoms with E-state index in [-0.39, 0.29) is 28.5 Å². The van der Waals surface area contributed by atoms with Gasteiger partial charge in [-0.1, -0.05) is 34.8 Å². The molecule has 0 unspecified atom stereocenters. The fraction of sp³-hybridized carbons (Fsp3) is 0.200. The summed E-state index contributed by atoms with van der Waals surface area (Å²) in [6.45, 7) is 0. The lowest BCUT2D eigenvalue weighted by Gasteiger charge is -2.05. The van der Waals surface area contributed by atoms with E-state index in [0.717, 1.165) is 0 Å². The van der Waals surface area contributed by atoms with Gasteiger partial charge in [0.1, 0.15) is 0 Å². The Labute approximate surface area is 107 Å². The molecule has 0 aromatic heterocycles. The maximum Gasteiger partial charge on any atom is 0.303 e. The number of Topliss-reactive ketones (excluding diaryl/α,β-unsaturated/α-hetero) is 1. The molecule has 6 heteroatoms. The smallest absolute Gasteiger partial charge is 0.303 e. The van der Waals surface area contributed by atoms with E-state index in [1.54, 1.807) is 0 Å². The highest BCUT2D eigenvalue weighted by atomic mass is 35.5.